The number of ether oxygens (including phenoxy) is 3. The number of methoxy groups -OCH3 is 3. The van der Waals surface area contributed by atoms with Crippen molar-refractivity contribution in [1.29, 1.82) is 0 Å². The van der Waals surface area contributed by atoms with E-state index in [0.717, 1.165) is 90.6 Å². The maximum atomic E-state index is 13.2. The Hall–Kier alpha value is -11.8. The lowest BCUT2D eigenvalue weighted by atomic mass is 9.87. The molecule has 0 aromatic heterocycles. The average Bonchev–Trinajstić information content (AvgIpc) is 1.63. The van der Waals surface area contributed by atoms with Gasteiger partial charge in [-0.3, -0.25) is 0 Å². The molecule has 12 aromatic carbocycles. The van der Waals surface area contributed by atoms with Gasteiger partial charge < -0.3 is 74.7 Å². The third-order valence-electron chi connectivity index (χ3n) is 24.0. The molecule has 652 valence electrons. The van der Waals surface area contributed by atoms with Crippen LogP contribution in [0.5, 0.6) is 46.0 Å². The summed E-state index contributed by atoms with van der Waals surface area (Å²) in [5.41, 5.74) is 10.2. The Labute approximate surface area is 754 Å². The molecule has 23 heteroatoms. The number of hydrogen-bond donors (Lipinski definition) is 8. The maximum Gasteiger partial charge on any atom is 0.124 e. The third-order valence-corrected chi connectivity index (χ3v) is 25.5. The van der Waals surface area contributed by atoms with Crippen LogP contribution in [0.15, 0.2) is 291 Å². The fraction of sp³-hybridized carbons (Fsp3) is 0.262. The van der Waals surface area contributed by atoms with Crippen molar-refractivity contribution in [3.8, 4) is 46.0 Å². The molecule has 15 nitrogen and oxygen atoms in total. The summed E-state index contributed by atoms with van der Waals surface area (Å²) in [7, 11) is 4.72. The number of rotatable bonds is 27. The number of benzene rings is 12. The monoisotopic (exact) mass is 1770 g/mol. The fourth-order valence-corrected chi connectivity index (χ4v) is 19.5. The van der Waals surface area contributed by atoms with Crippen LogP contribution in [0.25, 0.3) is 0 Å². The van der Waals surface area contributed by atoms with Gasteiger partial charge in [-0.1, -0.05) is 170 Å². The molecule has 0 spiro atoms. The lowest BCUT2D eigenvalue weighted by molar-refractivity contribution is 0.155. The van der Waals surface area contributed by atoms with E-state index in [-0.39, 0.29) is 99.9 Å². The molecule has 126 heavy (non-hydrogen) atoms. The second-order valence-corrected chi connectivity index (χ2v) is 33.9. The Morgan fingerprint density at radius 3 is 0.810 bits per heavy atom. The summed E-state index contributed by atoms with van der Waals surface area (Å²) < 4.78 is 68.6. The molecule has 4 fully saturated rings. The number of aromatic hydroxyl groups is 5. The van der Waals surface area contributed by atoms with Gasteiger partial charge in [-0.2, -0.15) is 0 Å². The zero-order valence-electron chi connectivity index (χ0n) is 70.0. The van der Waals surface area contributed by atoms with Crippen molar-refractivity contribution in [1.82, 2.24) is 0 Å². The van der Waals surface area contributed by atoms with Gasteiger partial charge in [-0.05, 0) is 249 Å². The van der Waals surface area contributed by atoms with E-state index in [4.69, 9.17) is 63.1 Å². The van der Waals surface area contributed by atoms with Crippen molar-refractivity contribution in [2.75, 3.05) is 40.9 Å². The van der Waals surface area contributed by atoms with Gasteiger partial charge in [0.15, 0.2) is 0 Å². The van der Waals surface area contributed by atoms with Gasteiger partial charge in [0.05, 0.1) is 83.8 Å². The summed E-state index contributed by atoms with van der Waals surface area (Å²) in [6, 6.07) is 84.4. The molecule has 0 radical (unpaired) electrons. The minimum atomic E-state index is -0.714. The first-order valence-corrected chi connectivity index (χ1v) is 43.7. The topological polar surface area (TPSA) is 202 Å². The quantitative estimate of drug-likeness (QED) is 0.0178. The van der Waals surface area contributed by atoms with Crippen LogP contribution in [0.3, 0.4) is 0 Å². The molecule has 4 heterocycles. The number of nitrogens with zero attached hydrogens (tertiary/aromatic N) is 4. The van der Waals surface area contributed by atoms with Crippen LogP contribution in [-0.2, 0) is 6.42 Å². The molecule has 0 bridgehead atoms. The van der Waals surface area contributed by atoms with Crippen LogP contribution >= 0.6 is 48.9 Å². The molecule has 0 saturated carbocycles. The summed E-state index contributed by atoms with van der Waals surface area (Å²) in [4.78, 5) is 11.7. The van der Waals surface area contributed by atoms with Gasteiger partial charge >= 0.3 is 0 Å². The summed E-state index contributed by atoms with van der Waals surface area (Å²) in [6.45, 7) is 0. The minimum Gasteiger partial charge on any atom is -0.508 e. The number of para-hydroxylation sites is 4. The summed E-state index contributed by atoms with van der Waals surface area (Å²) in [5, 5.41) is 84.7. The number of hydrogen-bond acceptors (Lipinski definition) is 15. The number of anilines is 4. The molecule has 2 unspecified atom stereocenters. The number of phenolic OH excluding ortho intramolecular Hbond substituents is 5. The van der Waals surface area contributed by atoms with Crippen LogP contribution in [0.1, 0.15) is 164 Å². The highest BCUT2D eigenvalue weighted by atomic mass is 32.1. The standard InChI is InChI=1S/2C26H26FNO3S.C26H26FNO2S.C25H24FNO3S/c2*1-31-21-12-13-22(24(30)16-21)26-18(9-14-23(29)17-7-10-19(27)11-8-17)15-25(32)28(26)20-5-3-2-4-6-20;1-30-22-14-15-23(24(29)17-22)26-19(7-5-6-18-10-12-20(27)13-11-18)16-25(31)28(26)21-8-3-2-4-9-21;26-18-9-6-16(7-10-18)22(29)13-8-17-14-24(31)27(19-4-2-1-3-5-19)25(17)21-12-11-20(28)15-23(21)30/h2*2-8,10-13,16,18,23,26,29-30H,9,14-15H2,1H3;2-4,8-15,17,19,26,29H,5-7,16H2,1H3;1-7,9-12,15,17,22,25,28-30H,8,13-14H2/t18-,23?,26+;18-,23+,26+;19-,26+;17-,22?,25+/m1111/s1. The lowest BCUT2D eigenvalue weighted by Gasteiger charge is -2.31. The van der Waals surface area contributed by atoms with E-state index in [2.05, 4.69) is 31.7 Å². The molecule has 0 aliphatic carbocycles. The average molecular weight is 1780 g/mol. The van der Waals surface area contributed by atoms with E-state index in [1.807, 2.05) is 158 Å². The molecule has 4 aliphatic rings. The number of halogens is 4. The van der Waals surface area contributed by atoms with E-state index in [9.17, 15) is 58.4 Å². The molecule has 11 atom stereocenters. The minimum absolute atomic E-state index is 0.00336. The summed E-state index contributed by atoms with van der Waals surface area (Å²) in [6.07, 6.45) is 7.04. The Balaban J connectivity index is 0.000000144. The normalized spacial score (nSPS) is 19.1. The van der Waals surface area contributed by atoms with E-state index < -0.39 is 18.3 Å². The third kappa shape index (κ3) is 22.7. The second-order valence-electron chi connectivity index (χ2n) is 32.0. The van der Waals surface area contributed by atoms with Crippen LogP contribution in [0.4, 0.5) is 40.3 Å². The van der Waals surface area contributed by atoms with Crippen molar-refractivity contribution < 1.29 is 72.6 Å². The molecule has 8 N–H and O–H groups in total. The smallest absolute Gasteiger partial charge is 0.124 e. The number of thiocarbonyl (C=S) groups is 4. The van der Waals surface area contributed by atoms with Crippen LogP contribution in [0.2, 0.25) is 0 Å². The predicted molar refractivity (Wildman–Crippen MR) is 504 cm³/mol. The van der Waals surface area contributed by atoms with Crippen molar-refractivity contribution in [2.24, 2.45) is 23.7 Å². The van der Waals surface area contributed by atoms with Gasteiger partial charge in [0, 0.05) is 95.0 Å². The first-order chi connectivity index (χ1) is 60.9. The van der Waals surface area contributed by atoms with Crippen LogP contribution in [-0.4, -0.2) is 82.1 Å². The van der Waals surface area contributed by atoms with Gasteiger partial charge in [-0.15, -0.1) is 0 Å². The molecule has 12 aromatic rings. The predicted octanol–water partition coefficient (Wildman–Crippen LogP) is 24.0. The van der Waals surface area contributed by atoms with E-state index in [1.54, 1.807) is 88.1 Å². The number of phenols is 5. The zero-order chi connectivity index (χ0) is 89.1. The van der Waals surface area contributed by atoms with E-state index in [1.165, 1.54) is 54.6 Å². The highest BCUT2D eigenvalue weighted by Crippen LogP contribution is 2.53. The second kappa shape index (κ2) is 43.4. The molecule has 4 saturated heterocycles. The lowest BCUT2D eigenvalue weighted by Crippen LogP contribution is -2.28. The Morgan fingerprint density at radius 1 is 0.310 bits per heavy atom. The zero-order valence-corrected chi connectivity index (χ0v) is 73.3. The van der Waals surface area contributed by atoms with E-state index >= 15 is 0 Å². The first kappa shape index (κ1) is 91.9. The number of aliphatic hydroxyl groups is 3. The fourth-order valence-electron chi connectivity index (χ4n) is 17.8. The first-order valence-electron chi connectivity index (χ1n) is 42.1. The van der Waals surface area contributed by atoms with Gasteiger partial charge in [0.1, 0.15) is 69.3 Å². The van der Waals surface area contributed by atoms with Gasteiger partial charge in [-0.25, -0.2) is 17.6 Å². The Bertz CT molecular complexity index is 5420. The van der Waals surface area contributed by atoms with Gasteiger partial charge in [0.2, 0.25) is 0 Å². The van der Waals surface area contributed by atoms with Crippen molar-refractivity contribution in [3.05, 3.63) is 359 Å². The van der Waals surface area contributed by atoms with Crippen molar-refractivity contribution in [2.45, 2.75) is 126 Å². The highest BCUT2D eigenvalue weighted by molar-refractivity contribution is 7.81. The maximum absolute atomic E-state index is 13.2. The molecule has 4 aliphatic heterocycles. The highest BCUT2D eigenvalue weighted by Gasteiger charge is 2.45. The Morgan fingerprint density at radius 2 is 0.556 bits per heavy atom. The molecule has 0 amide bonds. The van der Waals surface area contributed by atoms with Crippen molar-refractivity contribution >= 4 is 91.6 Å². The summed E-state index contributed by atoms with van der Waals surface area (Å²) in [5.74, 6) is 1.66. The summed E-state index contributed by atoms with van der Waals surface area (Å²) >= 11 is 23.1. The van der Waals surface area contributed by atoms with Crippen LogP contribution < -0.4 is 33.8 Å². The number of aliphatic hydroxyl groups excluding tert-OH is 3. The van der Waals surface area contributed by atoms with E-state index in [0.29, 0.717) is 97.3 Å². The van der Waals surface area contributed by atoms with Crippen molar-refractivity contribution in [3.63, 3.8) is 0 Å². The van der Waals surface area contributed by atoms with Crippen LogP contribution in [0, 0.1) is 46.9 Å². The molecular formula is C103H102F4N4O11S4. The SMILES string of the molecule is COc1ccc([C@@H]2[C@H](CCC(O)c3ccc(F)cc3)CC(=S)N2c2ccccc2)c(O)c1.COc1ccc([C@@H]2[C@H](CCCc3ccc(F)cc3)CC(=S)N2c2ccccc2)c(O)c1.COc1ccc([C@@H]2[C@H](CC[C@H](O)c3ccc(F)cc3)CC(=S)N2c2ccccc2)c(O)c1.Oc1ccc([C@@H]2[C@H](CCC(O)c3ccc(F)cc3)CC(=S)N2c2ccccc2)c(O)c1. The van der Waals surface area contributed by atoms with Gasteiger partial charge in [0.25, 0.3) is 0 Å². The largest absolute Gasteiger partial charge is 0.508 e. The molecular weight excluding hydrogens is 1670 g/mol. The Kier molecular flexibility index (Phi) is 31.7. The number of aryl methyl sites for hydroxylation is 1. The molecule has 16 rings (SSSR count).